The van der Waals surface area contributed by atoms with Crippen molar-refractivity contribution in [1.82, 2.24) is 0 Å². The van der Waals surface area contributed by atoms with Crippen LogP contribution in [0.3, 0.4) is 0 Å². The summed E-state index contributed by atoms with van der Waals surface area (Å²) in [5.41, 5.74) is 0.561. The Morgan fingerprint density at radius 1 is 1.43 bits per heavy atom. The van der Waals surface area contributed by atoms with Crippen LogP contribution in [0.5, 0.6) is 0 Å². The Bertz CT molecular complexity index is 312. The second kappa shape index (κ2) is 4.76. The van der Waals surface area contributed by atoms with Gasteiger partial charge in [-0.3, -0.25) is 0 Å². The molecule has 0 spiro atoms. The van der Waals surface area contributed by atoms with Crippen molar-refractivity contribution in [2.24, 2.45) is 5.92 Å². The van der Waals surface area contributed by atoms with Crippen LogP contribution in [0.4, 0.5) is 4.39 Å². The predicted molar refractivity (Wildman–Crippen MR) is 56.0 cm³/mol. The maximum Gasteiger partial charge on any atom is 0.144 e. The lowest BCUT2D eigenvalue weighted by atomic mass is 9.96. The molecular weight excluding hydrogens is 203 g/mol. The Morgan fingerprint density at radius 2 is 2.07 bits per heavy atom. The highest BCUT2D eigenvalue weighted by molar-refractivity contribution is 6.30. The summed E-state index contributed by atoms with van der Waals surface area (Å²) in [7, 11) is 0. The molecule has 2 unspecified atom stereocenters. The minimum absolute atomic E-state index is 0.0305. The van der Waals surface area contributed by atoms with Gasteiger partial charge in [0.1, 0.15) is 5.82 Å². The van der Waals surface area contributed by atoms with E-state index in [2.05, 4.69) is 0 Å². The molecule has 0 saturated heterocycles. The van der Waals surface area contributed by atoms with Gasteiger partial charge >= 0.3 is 0 Å². The van der Waals surface area contributed by atoms with E-state index in [4.69, 9.17) is 11.6 Å². The molecule has 1 aromatic rings. The second-order valence-electron chi connectivity index (χ2n) is 3.63. The number of benzene rings is 1. The molecule has 1 nitrogen and oxygen atoms in total. The third-order valence-electron chi connectivity index (χ3n) is 2.40. The fraction of sp³-hybridized carbons (Fsp3) is 0.455. The first-order valence-corrected chi connectivity index (χ1v) is 5.01. The average Bonchev–Trinajstić information content (AvgIpc) is 2.12. The fourth-order valence-electron chi connectivity index (χ4n) is 1.22. The monoisotopic (exact) mass is 216 g/mol. The van der Waals surface area contributed by atoms with Crippen molar-refractivity contribution in [3.8, 4) is 0 Å². The van der Waals surface area contributed by atoms with Crippen molar-refractivity contribution in [3.05, 3.63) is 34.6 Å². The molecule has 1 N–H and O–H groups in total. The molecule has 2 atom stereocenters. The van der Waals surface area contributed by atoms with Gasteiger partial charge in [-0.1, -0.05) is 30.7 Å². The maximum absolute atomic E-state index is 13.4. The maximum atomic E-state index is 13.4. The number of aliphatic hydroxyl groups is 1. The summed E-state index contributed by atoms with van der Waals surface area (Å²) < 4.78 is 13.4. The molecule has 78 valence electrons. The van der Waals surface area contributed by atoms with Gasteiger partial charge in [-0.25, -0.2) is 4.39 Å². The molecule has 3 heteroatoms. The molecule has 0 amide bonds. The van der Waals surface area contributed by atoms with E-state index >= 15 is 0 Å². The lowest BCUT2D eigenvalue weighted by Gasteiger charge is -2.14. The number of hydrogen-bond acceptors (Lipinski definition) is 1. The highest BCUT2D eigenvalue weighted by Gasteiger charge is 2.13. The van der Waals surface area contributed by atoms with Gasteiger partial charge in [-0.05, 0) is 30.9 Å². The van der Waals surface area contributed by atoms with Crippen LogP contribution in [0, 0.1) is 11.7 Å². The van der Waals surface area contributed by atoms with Gasteiger partial charge in [0.15, 0.2) is 0 Å². The Labute approximate surface area is 88.5 Å². The summed E-state index contributed by atoms with van der Waals surface area (Å²) in [6, 6.07) is 4.93. The number of aliphatic hydroxyl groups excluding tert-OH is 1. The zero-order chi connectivity index (χ0) is 10.7. The number of hydrogen-bond donors (Lipinski definition) is 1. The van der Waals surface area contributed by atoms with E-state index < -0.39 is 6.10 Å². The van der Waals surface area contributed by atoms with Gasteiger partial charge in [-0.2, -0.15) is 0 Å². The Morgan fingerprint density at radius 3 is 2.64 bits per heavy atom. The molecule has 0 saturated carbocycles. The molecule has 1 rings (SSSR count). The summed E-state index contributed by atoms with van der Waals surface area (Å²) in [6.45, 7) is 3.58. The van der Waals surface area contributed by atoms with E-state index in [-0.39, 0.29) is 16.8 Å². The smallest absolute Gasteiger partial charge is 0.144 e. The van der Waals surface area contributed by atoms with E-state index in [9.17, 15) is 9.50 Å². The number of rotatable bonds is 3. The molecule has 0 heterocycles. The zero-order valence-corrected chi connectivity index (χ0v) is 9.05. The van der Waals surface area contributed by atoms with Gasteiger partial charge in [0.2, 0.25) is 0 Å². The highest BCUT2D eigenvalue weighted by Crippen LogP contribution is 2.21. The fourth-order valence-corrected chi connectivity index (χ4v) is 1.42. The summed E-state index contributed by atoms with van der Waals surface area (Å²) in [5, 5.41) is 9.43. The van der Waals surface area contributed by atoms with Gasteiger partial charge < -0.3 is 5.11 Å². The molecule has 1 aromatic carbocycles. The minimum atomic E-state index is -0.437. The Balaban J connectivity index is 2.82. The van der Waals surface area contributed by atoms with Gasteiger partial charge in [0, 0.05) is 0 Å². The molecule has 0 aliphatic carbocycles. The highest BCUT2D eigenvalue weighted by atomic mass is 35.5. The lowest BCUT2D eigenvalue weighted by Crippen LogP contribution is -2.16. The SMILES string of the molecule is CC(O)C(C)Cc1cccc(Cl)c1F. The summed E-state index contributed by atoms with van der Waals surface area (Å²) in [5.74, 6) is -0.343. The predicted octanol–water partition coefficient (Wildman–Crippen LogP) is 3.04. The van der Waals surface area contributed by atoms with E-state index in [0.29, 0.717) is 12.0 Å². The van der Waals surface area contributed by atoms with Crippen LogP contribution in [-0.4, -0.2) is 11.2 Å². The van der Waals surface area contributed by atoms with E-state index in [1.807, 2.05) is 6.92 Å². The van der Waals surface area contributed by atoms with Crippen LogP contribution in [0.15, 0.2) is 18.2 Å². The van der Waals surface area contributed by atoms with Gasteiger partial charge in [0.25, 0.3) is 0 Å². The molecule has 0 aliphatic heterocycles. The average molecular weight is 217 g/mol. The van der Waals surface area contributed by atoms with Gasteiger partial charge in [-0.15, -0.1) is 0 Å². The number of halogens is 2. The quantitative estimate of drug-likeness (QED) is 0.824. The molecule has 0 fully saturated rings. The van der Waals surface area contributed by atoms with E-state index in [1.165, 1.54) is 6.07 Å². The summed E-state index contributed by atoms with van der Waals surface area (Å²) in [6.07, 6.45) is 0.0673. The van der Waals surface area contributed by atoms with Crippen LogP contribution < -0.4 is 0 Å². The first kappa shape index (κ1) is 11.5. The van der Waals surface area contributed by atoms with E-state index in [0.717, 1.165) is 0 Å². The van der Waals surface area contributed by atoms with Crippen LogP contribution in [0.25, 0.3) is 0 Å². The topological polar surface area (TPSA) is 20.2 Å². The van der Waals surface area contributed by atoms with E-state index in [1.54, 1.807) is 19.1 Å². The second-order valence-corrected chi connectivity index (χ2v) is 4.04. The Kier molecular flexibility index (Phi) is 3.90. The molecule has 0 radical (unpaired) electrons. The van der Waals surface area contributed by atoms with Crippen LogP contribution in [0.2, 0.25) is 5.02 Å². The zero-order valence-electron chi connectivity index (χ0n) is 8.30. The standard InChI is InChI=1S/C11H14ClFO/c1-7(8(2)14)6-9-4-3-5-10(12)11(9)13/h3-5,7-8,14H,6H2,1-2H3. The third kappa shape index (κ3) is 2.69. The summed E-state index contributed by atoms with van der Waals surface area (Å²) in [4.78, 5) is 0. The molecule has 0 aliphatic rings. The first-order chi connectivity index (χ1) is 6.52. The van der Waals surface area contributed by atoms with Gasteiger partial charge in [0.05, 0.1) is 11.1 Å². The first-order valence-electron chi connectivity index (χ1n) is 4.63. The van der Waals surface area contributed by atoms with Crippen molar-refractivity contribution < 1.29 is 9.50 Å². The van der Waals surface area contributed by atoms with Crippen LogP contribution >= 0.6 is 11.6 Å². The lowest BCUT2D eigenvalue weighted by molar-refractivity contribution is 0.134. The van der Waals surface area contributed by atoms with Crippen molar-refractivity contribution in [1.29, 1.82) is 0 Å². The van der Waals surface area contributed by atoms with Crippen LogP contribution in [0.1, 0.15) is 19.4 Å². The molecular formula is C11H14ClFO. The van der Waals surface area contributed by atoms with Crippen molar-refractivity contribution in [2.45, 2.75) is 26.4 Å². The largest absolute Gasteiger partial charge is 0.393 e. The van der Waals surface area contributed by atoms with Crippen molar-refractivity contribution in [3.63, 3.8) is 0 Å². The summed E-state index contributed by atoms with van der Waals surface area (Å²) >= 11 is 5.64. The molecule has 0 aromatic heterocycles. The van der Waals surface area contributed by atoms with Crippen molar-refractivity contribution in [2.75, 3.05) is 0 Å². The Hall–Kier alpha value is -0.600. The van der Waals surface area contributed by atoms with Crippen LogP contribution in [-0.2, 0) is 6.42 Å². The molecule has 14 heavy (non-hydrogen) atoms. The molecule has 0 bridgehead atoms. The van der Waals surface area contributed by atoms with Crippen molar-refractivity contribution >= 4 is 11.6 Å². The minimum Gasteiger partial charge on any atom is -0.393 e. The normalized spacial score (nSPS) is 15.2. The third-order valence-corrected chi connectivity index (χ3v) is 2.69.